The molecule has 0 aromatic heterocycles. The first-order valence-corrected chi connectivity index (χ1v) is 27.1. The molecule has 1 fully saturated rings. The van der Waals surface area contributed by atoms with Crippen molar-refractivity contribution in [3.05, 3.63) is 36.5 Å². The van der Waals surface area contributed by atoms with Crippen molar-refractivity contribution in [2.45, 2.75) is 282 Å². The first-order valence-electron chi connectivity index (χ1n) is 27.1. The summed E-state index contributed by atoms with van der Waals surface area (Å²) in [5, 5.41) is 40.2. The highest BCUT2D eigenvalue weighted by atomic mass is 16.7. The van der Waals surface area contributed by atoms with Crippen molar-refractivity contribution < 1.29 is 49.0 Å². The highest BCUT2D eigenvalue weighted by Gasteiger charge is 2.44. The molecule has 65 heavy (non-hydrogen) atoms. The molecule has 0 aliphatic carbocycles. The number of carbonyl (C=O) groups is 2. The predicted molar refractivity (Wildman–Crippen MR) is 266 cm³/mol. The van der Waals surface area contributed by atoms with Gasteiger partial charge in [-0.25, -0.2) is 0 Å². The van der Waals surface area contributed by atoms with Crippen molar-refractivity contribution in [1.29, 1.82) is 0 Å². The molecule has 380 valence electrons. The lowest BCUT2D eigenvalue weighted by atomic mass is 9.99. The molecule has 0 amide bonds. The maximum Gasteiger partial charge on any atom is 0.306 e. The van der Waals surface area contributed by atoms with Gasteiger partial charge < -0.3 is 39.4 Å². The van der Waals surface area contributed by atoms with E-state index in [0.717, 1.165) is 70.6 Å². The second kappa shape index (κ2) is 45.7. The van der Waals surface area contributed by atoms with Crippen LogP contribution in [-0.2, 0) is 28.5 Å². The molecule has 10 nitrogen and oxygen atoms in total. The number of allylic oxidation sites excluding steroid dienone is 6. The second-order valence-electron chi connectivity index (χ2n) is 18.7. The van der Waals surface area contributed by atoms with Gasteiger partial charge in [0.05, 0.1) is 13.2 Å². The fourth-order valence-electron chi connectivity index (χ4n) is 8.26. The van der Waals surface area contributed by atoms with Crippen molar-refractivity contribution in [2.24, 2.45) is 0 Å². The van der Waals surface area contributed by atoms with E-state index in [4.69, 9.17) is 18.9 Å². The van der Waals surface area contributed by atoms with Gasteiger partial charge in [0, 0.05) is 12.8 Å². The minimum absolute atomic E-state index is 0.217. The van der Waals surface area contributed by atoms with E-state index in [0.29, 0.717) is 6.42 Å². The fourth-order valence-corrected chi connectivity index (χ4v) is 8.26. The summed E-state index contributed by atoms with van der Waals surface area (Å²) in [5.41, 5.74) is 0. The summed E-state index contributed by atoms with van der Waals surface area (Å²) in [6, 6.07) is 0. The van der Waals surface area contributed by atoms with Crippen molar-refractivity contribution in [2.75, 3.05) is 19.8 Å². The van der Waals surface area contributed by atoms with Crippen LogP contribution >= 0.6 is 0 Å². The van der Waals surface area contributed by atoms with Crippen molar-refractivity contribution in [3.63, 3.8) is 0 Å². The van der Waals surface area contributed by atoms with E-state index >= 15 is 0 Å². The monoisotopic (exact) mass is 921 g/mol. The van der Waals surface area contributed by atoms with Gasteiger partial charge in [-0.2, -0.15) is 0 Å². The molecular weight excluding hydrogens is 821 g/mol. The van der Waals surface area contributed by atoms with Crippen LogP contribution in [0.5, 0.6) is 0 Å². The zero-order valence-corrected chi connectivity index (χ0v) is 41.7. The smallest absolute Gasteiger partial charge is 0.306 e. The summed E-state index contributed by atoms with van der Waals surface area (Å²) in [7, 11) is 0. The number of aliphatic hydroxyl groups excluding tert-OH is 4. The quantitative estimate of drug-likeness (QED) is 0.0264. The minimum atomic E-state index is -1.60. The predicted octanol–water partition coefficient (Wildman–Crippen LogP) is 13.0. The summed E-state index contributed by atoms with van der Waals surface area (Å²) < 4.78 is 22.3. The molecule has 1 heterocycles. The van der Waals surface area contributed by atoms with Crippen molar-refractivity contribution in [1.82, 2.24) is 0 Å². The van der Waals surface area contributed by atoms with Gasteiger partial charge in [-0.1, -0.05) is 217 Å². The number of esters is 2. The molecule has 0 aromatic rings. The van der Waals surface area contributed by atoms with Gasteiger partial charge in [-0.05, 0) is 51.4 Å². The fraction of sp³-hybridized carbons (Fsp3) is 0.855. The lowest BCUT2D eigenvalue weighted by molar-refractivity contribution is -0.305. The first-order chi connectivity index (χ1) is 31.8. The molecule has 6 atom stereocenters. The van der Waals surface area contributed by atoms with Crippen LogP contribution in [0.15, 0.2) is 36.5 Å². The Kier molecular flexibility index (Phi) is 42.8. The van der Waals surface area contributed by atoms with Crippen LogP contribution < -0.4 is 0 Å². The molecule has 0 spiro atoms. The third kappa shape index (κ3) is 36.6. The summed E-state index contributed by atoms with van der Waals surface area (Å²) in [4.78, 5) is 25.5. The average Bonchev–Trinajstić information content (AvgIpc) is 3.30. The van der Waals surface area contributed by atoms with Crippen LogP contribution in [0, 0.1) is 0 Å². The van der Waals surface area contributed by atoms with Crippen molar-refractivity contribution >= 4 is 11.9 Å². The van der Waals surface area contributed by atoms with Crippen LogP contribution in [0.25, 0.3) is 0 Å². The third-order valence-corrected chi connectivity index (χ3v) is 12.5. The number of hydrogen-bond acceptors (Lipinski definition) is 10. The number of rotatable bonds is 46. The zero-order chi connectivity index (χ0) is 47.3. The van der Waals surface area contributed by atoms with Crippen molar-refractivity contribution in [3.8, 4) is 0 Å². The molecule has 1 rings (SSSR count). The Morgan fingerprint density at radius 2 is 0.862 bits per heavy atom. The Morgan fingerprint density at radius 1 is 0.477 bits per heavy atom. The van der Waals surface area contributed by atoms with E-state index in [1.165, 1.54) is 141 Å². The second-order valence-corrected chi connectivity index (χ2v) is 18.7. The SMILES string of the molecule is CCCCC/C=C\C/C=C\C/C=C\CCCCCCCCC(=O)OC(COC(=O)CCCCCCCCCCCCCCCCCCCCCCC)COC1OC(CO)C(O)C(O)C1O. The highest BCUT2D eigenvalue weighted by Crippen LogP contribution is 2.23. The standard InChI is InChI=1S/C55H100O10/c1-3-5-7-9-11-13-15-17-19-21-23-24-26-27-29-31-33-35-37-39-41-43-50(57)62-46-48(47-63-55-54(61)53(60)52(59)49(45-56)65-55)64-51(58)44-42-40-38-36-34-32-30-28-25-22-20-18-16-14-12-10-8-6-4-2/h12,14,18,20,25,28,48-49,52-56,59-61H,3-11,13,15-17,19,21-24,26-27,29-47H2,1-2H3/b14-12-,20-18-,28-25-. The molecule has 4 N–H and O–H groups in total. The molecule has 0 aromatic carbocycles. The Labute approximate surface area is 397 Å². The number of ether oxygens (including phenoxy) is 4. The van der Waals surface area contributed by atoms with Gasteiger partial charge in [0.2, 0.25) is 0 Å². The van der Waals surface area contributed by atoms with E-state index < -0.39 is 49.4 Å². The van der Waals surface area contributed by atoms with Gasteiger partial charge in [0.1, 0.15) is 31.0 Å². The van der Waals surface area contributed by atoms with Gasteiger partial charge in [-0.15, -0.1) is 0 Å². The van der Waals surface area contributed by atoms with E-state index in [1.807, 2.05) is 0 Å². The summed E-state index contributed by atoms with van der Waals surface area (Å²) in [6.07, 6.45) is 47.2. The maximum atomic E-state index is 12.8. The number of hydrogen-bond donors (Lipinski definition) is 4. The number of unbranched alkanes of at least 4 members (excludes halogenated alkanes) is 29. The Hall–Kier alpha value is -2.08. The van der Waals surface area contributed by atoms with E-state index in [2.05, 4.69) is 50.3 Å². The number of carbonyl (C=O) groups excluding carboxylic acids is 2. The molecule has 1 aliphatic heterocycles. The van der Waals surface area contributed by atoms with Crippen LogP contribution in [0.3, 0.4) is 0 Å². The minimum Gasteiger partial charge on any atom is -0.462 e. The molecule has 1 aliphatic rings. The van der Waals surface area contributed by atoms with E-state index in [9.17, 15) is 30.0 Å². The molecule has 0 bridgehead atoms. The molecule has 6 unspecified atom stereocenters. The summed E-state index contributed by atoms with van der Waals surface area (Å²) >= 11 is 0. The molecular formula is C55H100O10. The maximum absolute atomic E-state index is 12.8. The zero-order valence-electron chi connectivity index (χ0n) is 41.7. The van der Waals surface area contributed by atoms with Gasteiger partial charge in [0.25, 0.3) is 0 Å². The largest absolute Gasteiger partial charge is 0.462 e. The third-order valence-electron chi connectivity index (χ3n) is 12.5. The van der Waals surface area contributed by atoms with Gasteiger partial charge in [-0.3, -0.25) is 9.59 Å². The lowest BCUT2D eigenvalue weighted by Gasteiger charge is -2.39. The van der Waals surface area contributed by atoms with E-state index in [1.54, 1.807) is 0 Å². The summed E-state index contributed by atoms with van der Waals surface area (Å²) in [5.74, 6) is -0.810. The molecule has 10 heteroatoms. The Bertz CT molecular complexity index is 1160. The Balaban J connectivity index is 2.24. The van der Waals surface area contributed by atoms with Crippen LogP contribution in [0.4, 0.5) is 0 Å². The van der Waals surface area contributed by atoms with Gasteiger partial charge >= 0.3 is 11.9 Å². The molecule has 0 radical (unpaired) electrons. The van der Waals surface area contributed by atoms with E-state index in [-0.39, 0.29) is 32.0 Å². The molecule has 0 saturated carbocycles. The Morgan fingerprint density at radius 3 is 1.32 bits per heavy atom. The lowest BCUT2D eigenvalue weighted by Crippen LogP contribution is -2.59. The van der Waals surface area contributed by atoms with Crippen LogP contribution in [0.1, 0.15) is 245 Å². The molecule has 1 saturated heterocycles. The summed E-state index contributed by atoms with van der Waals surface area (Å²) in [6.45, 7) is 3.42. The highest BCUT2D eigenvalue weighted by molar-refractivity contribution is 5.70. The topological polar surface area (TPSA) is 152 Å². The average molecular weight is 921 g/mol. The van der Waals surface area contributed by atoms with Gasteiger partial charge in [0.15, 0.2) is 12.4 Å². The number of aliphatic hydroxyl groups is 4. The van der Waals surface area contributed by atoms with Crippen LogP contribution in [0.2, 0.25) is 0 Å². The van der Waals surface area contributed by atoms with Crippen LogP contribution in [-0.4, -0.2) is 89.0 Å². The normalized spacial score (nSPS) is 19.5. The first kappa shape index (κ1) is 60.9.